The Kier molecular flexibility index (Phi) is 3.53. The minimum atomic E-state index is 0.633. The summed E-state index contributed by atoms with van der Waals surface area (Å²) in [5.41, 5.74) is 0.633. The van der Waals surface area contributed by atoms with Crippen LogP contribution in [0.3, 0.4) is 0 Å². The van der Waals surface area contributed by atoms with Crippen molar-refractivity contribution in [1.29, 1.82) is 0 Å². The maximum atomic E-state index is 3.51. The maximum absolute atomic E-state index is 3.51. The lowest BCUT2D eigenvalue weighted by Crippen LogP contribution is -2.54. The van der Waals surface area contributed by atoms with Crippen LogP contribution in [0.15, 0.2) is 15.9 Å². The molecule has 1 aromatic heterocycles. The molecule has 2 heterocycles. The zero-order valence-corrected chi connectivity index (χ0v) is 11.8. The summed E-state index contributed by atoms with van der Waals surface area (Å²) in [6, 6.07) is 4.37. The van der Waals surface area contributed by atoms with E-state index in [1.165, 1.54) is 34.6 Å². The number of thiophene rings is 1. The third-order valence-electron chi connectivity index (χ3n) is 3.63. The molecule has 0 amide bonds. The van der Waals surface area contributed by atoms with Crippen molar-refractivity contribution in [2.75, 3.05) is 13.1 Å². The minimum absolute atomic E-state index is 0.633. The highest BCUT2D eigenvalue weighted by atomic mass is 79.9. The minimum Gasteiger partial charge on any atom is -0.297 e. The molecule has 1 aliphatic heterocycles. The van der Waals surface area contributed by atoms with Crippen LogP contribution in [0.1, 0.15) is 31.6 Å². The van der Waals surface area contributed by atoms with E-state index < -0.39 is 0 Å². The second kappa shape index (κ2) is 4.56. The molecule has 1 fully saturated rings. The van der Waals surface area contributed by atoms with Crippen LogP contribution in [-0.2, 0) is 6.54 Å². The Labute approximate surface area is 105 Å². The van der Waals surface area contributed by atoms with Gasteiger partial charge in [0.1, 0.15) is 0 Å². The van der Waals surface area contributed by atoms with Gasteiger partial charge in [0.2, 0.25) is 0 Å². The fraction of sp³-hybridized carbons (Fsp3) is 0.667. The van der Waals surface area contributed by atoms with E-state index in [2.05, 4.69) is 46.8 Å². The summed E-state index contributed by atoms with van der Waals surface area (Å²) in [4.78, 5) is 4.04. The van der Waals surface area contributed by atoms with Gasteiger partial charge in [0.15, 0.2) is 0 Å². The summed E-state index contributed by atoms with van der Waals surface area (Å²) < 4.78 is 1.25. The van der Waals surface area contributed by atoms with Gasteiger partial charge in [-0.15, -0.1) is 11.3 Å². The highest BCUT2D eigenvalue weighted by Crippen LogP contribution is 2.38. The third kappa shape index (κ3) is 2.45. The van der Waals surface area contributed by atoms with Gasteiger partial charge in [-0.2, -0.15) is 0 Å². The second-order valence-electron chi connectivity index (χ2n) is 4.56. The van der Waals surface area contributed by atoms with Gasteiger partial charge in [-0.3, -0.25) is 4.90 Å². The zero-order chi connectivity index (χ0) is 10.9. The molecule has 0 aromatic carbocycles. The summed E-state index contributed by atoms with van der Waals surface area (Å²) in [6.07, 6.45) is 2.66. The normalized spacial score (nSPS) is 20.2. The topological polar surface area (TPSA) is 3.24 Å². The lowest BCUT2D eigenvalue weighted by atomic mass is 9.75. The van der Waals surface area contributed by atoms with Crippen LogP contribution >= 0.6 is 27.3 Å². The Hall–Kier alpha value is 0.140. The first-order valence-corrected chi connectivity index (χ1v) is 7.25. The van der Waals surface area contributed by atoms with Gasteiger partial charge in [0.05, 0.1) is 3.79 Å². The first-order chi connectivity index (χ1) is 7.17. The van der Waals surface area contributed by atoms with E-state index in [9.17, 15) is 0 Å². The molecule has 84 valence electrons. The van der Waals surface area contributed by atoms with Crippen LogP contribution in [0.25, 0.3) is 0 Å². The van der Waals surface area contributed by atoms with Gasteiger partial charge in [0, 0.05) is 24.5 Å². The van der Waals surface area contributed by atoms with Crippen molar-refractivity contribution in [3.05, 3.63) is 20.8 Å². The van der Waals surface area contributed by atoms with Gasteiger partial charge in [-0.1, -0.05) is 13.8 Å². The Morgan fingerprint density at radius 3 is 2.47 bits per heavy atom. The Morgan fingerprint density at radius 2 is 2.00 bits per heavy atom. The Balaban J connectivity index is 1.85. The van der Waals surface area contributed by atoms with E-state index in [0.29, 0.717) is 5.41 Å². The molecule has 3 heteroatoms. The predicted octanol–water partition coefficient (Wildman–Crippen LogP) is 4.13. The molecule has 0 unspecified atom stereocenters. The second-order valence-corrected chi connectivity index (χ2v) is 7.11. The van der Waals surface area contributed by atoms with E-state index >= 15 is 0 Å². The van der Waals surface area contributed by atoms with E-state index in [1.807, 2.05) is 11.3 Å². The fourth-order valence-electron chi connectivity index (χ4n) is 2.37. The highest BCUT2D eigenvalue weighted by molar-refractivity contribution is 9.11. The Morgan fingerprint density at radius 1 is 1.33 bits per heavy atom. The molecule has 1 aromatic rings. The van der Waals surface area contributed by atoms with Crippen molar-refractivity contribution in [3.8, 4) is 0 Å². The summed E-state index contributed by atoms with van der Waals surface area (Å²) in [5, 5.41) is 0. The molecule has 0 bridgehead atoms. The molecule has 15 heavy (non-hydrogen) atoms. The number of likely N-dealkylation sites (tertiary alicyclic amines) is 1. The molecule has 0 atom stereocenters. The average Bonchev–Trinajstić information content (AvgIpc) is 2.57. The molecule has 1 saturated heterocycles. The van der Waals surface area contributed by atoms with Gasteiger partial charge < -0.3 is 0 Å². The lowest BCUT2D eigenvalue weighted by molar-refractivity contribution is -0.0113. The standard InChI is InChI=1S/C12H18BrNS/c1-3-12(4-2)8-14(9-12)7-10-5-6-11(13)15-10/h5-6H,3-4,7-9H2,1-2H3. The molecule has 1 aliphatic rings. The molecule has 0 aliphatic carbocycles. The fourth-order valence-corrected chi connectivity index (χ4v) is 3.89. The zero-order valence-electron chi connectivity index (χ0n) is 9.42. The van der Waals surface area contributed by atoms with Gasteiger partial charge in [-0.05, 0) is 46.3 Å². The van der Waals surface area contributed by atoms with Crippen LogP contribution in [0.4, 0.5) is 0 Å². The summed E-state index contributed by atoms with van der Waals surface area (Å²) in [5.74, 6) is 0. The predicted molar refractivity (Wildman–Crippen MR) is 70.3 cm³/mol. The van der Waals surface area contributed by atoms with E-state index in [1.54, 1.807) is 0 Å². The SMILES string of the molecule is CCC1(CC)CN(Cc2ccc(Br)s2)C1. The van der Waals surface area contributed by atoms with Crippen LogP contribution in [-0.4, -0.2) is 18.0 Å². The lowest BCUT2D eigenvalue weighted by Gasteiger charge is -2.49. The maximum Gasteiger partial charge on any atom is 0.0701 e. The molecule has 0 N–H and O–H groups in total. The van der Waals surface area contributed by atoms with Crippen LogP contribution < -0.4 is 0 Å². The first-order valence-electron chi connectivity index (χ1n) is 5.64. The summed E-state index contributed by atoms with van der Waals surface area (Å²) >= 11 is 5.37. The van der Waals surface area contributed by atoms with Crippen LogP contribution in [0, 0.1) is 5.41 Å². The van der Waals surface area contributed by atoms with Crippen molar-refractivity contribution in [3.63, 3.8) is 0 Å². The number of hydrogen-bond donors (Lipinski definition) is 0. The molecular weight excluding hydrogens is 270 g/mol. The average molecular weight is 288 g/mol. The third-order valence-corrected chi connectivity index (χ3v) is 5.23. The van der Waals surface area contributed by atoms with Gasteiger partial charge in [0.25, 0.3) is 0 Å². The molecule has 1 nitrogen and oxygen atoms in total. The van der Waals surface area contributed by atoms with E-state index in [0.717, 1.165) is 6.54 Å². The smallest absolute Gasteiger partial charge is 0.0701 e. The van der Waals surface area contributed by atoms with Crippen molar-refractivity contribution in [2.24, 2.45) is 5.41 Å². The Bertz CT molecular complexity index is 322. The van der Waals surface area contributed by atoms with Crippen molar-refractivity contribution < 1.29 is 0 Å². The number of rotatable bonds is 4. The van der Waals surface area contributed by atoms with Crippen molar-refractivity contribution in [1.82, 2.24) is 4.90 Å². The summed E-state index contributed by atoms with van der Waals surface area (Å²) in [7, 11) is 0. The van der Waals surface area contributed by atoms with E-state index in [-0.39, 0.29) is 0 Å². The quantitative estimate of drug-likeness (QED) is 0.805. The first kappa shape index (κ1) is 11.6. The molecule has 0 radical (unpaired) electrons. The van der Waals surface area contributed by atoms with Crippen LogP contribution in [0.5, 0.6) is 0 Å². The van der Waals surface area contributed by atoms with Crippen LogP contribution in [0.2, 0.25) is 0 Å². The number of halogens is 1. The molecule has 0 spiro atoms. The monoisotopic (exact) mass is 287 g/mol. The van der Waals surface area contributed by atoms with Crippen molar-refractivity contribution >= 4 is 27.3 Å². The van der Waals surface area contributed by atoms with Gasteiger partial charge in [-0.25, -0.2) is 0 Å². The number of nitrogens with zero attached hydrogens (tertiary/aromatic N) is 1. The van der Waals surface area contributed by atoms with E-state index in [4.69, 9.17) is 0 Å². The molecule has 2 rings (SSSR count). The number of hydrogen-bond acceptors (Lipinski definition) is 2. The molecular formula is C12H18BrNS. The highest BCUT2D eigenvalue weighted by Gasteiger charge is 2.39. The van der Waals surface area contributed by atoms with Gasteiger partial charge >= 0.3 is 0 Å². The summed E-state index contributed by atoms with van der Waals surface area (Å²) in [6.45, 7) is 8.36. The largest absolute Gasteiger partial charge is 0.297 e. The van der Waals surface area contributed by atoms with Crippen molar-refractivity contribution in [2.45, 2.75) is 33.2 Å². The molecule has 0 saturated carbocycles.